The van der Waals surface area contributed by atoms with Crippen molar-refractivity contribution < 1.29 is 14.6 Å². The van der Waals surface area contributed by atoms with E-state index in [2.05, 4.69) is 5.32 Å². The smallest absolute Gasteiger partial charge is 0.0836 e. The Hall–Kier alpha value is -0.160. The molecule has 2 aliphatic rings. The van der Waals surface area contributed by atoms with Gasteiger partial charge in [0, 0.05) is 19.6 Å². The summed E-state index contributed by atoms with van der Waals surface area (Å²) >= 11 is 0. The fraction of sp³-hybridized carbons (Fsp3) is 1.00. The maximum absolute atomic E-state index is 8.68. The molecule has 0 bridgehead atoms. The monoisotopic (exact) mass is 257 g/mol. The van der Waals surface area contributed by atoms with Crippen LogP contribution in [-0.4, -0.2) is 49.7 Å². The number of hydrogen-bond acceptors (Lipinski definition) is 4. The number of piperidine rings is 1. The largest absolute Gasteiger partial charge is 0.396 e. The van der Waals surface area contributed by atoms with Crippen LogP contribution in [0.4, 0.5) is 0 Å². The topological polar surface area (TPSA) is 50.7 Å². The van der Waals surface area contributed by atoms with Crippen molar-refractivity contribution in [2.24, 2.45) is 0 Å². The van der Waals surface area contributed by atoms with Crippen molar-refractivity contribution in [3.8, 4) is 0 Å². The Morgan fingerprint density at radius 2 is 1.94 bits per heavy atom. The first-order valence-corrected chi connectivity index (χ1v) is 7.42. The molecule has 0 aromatic heterocycles. The molecule has 106 valence electrons. The molecule has 1 spiro atoms. The van der Waals surface area contributed by atoms with Crippen LogP contribution in [0.15, 0.2) is 0 Å². The SMILES string of the molecule is OCCCCCCOC1COC2(CCNCC2)C1. The van der Waals surface area contributed by atoms with E-state index in [1.165, 1.54) is 0 Å². The van der Waals surface area contributed by atoms with Crippen LogP contribution in [0.5, 0.6) is 0 Å². The Bertz CT molecular complexity index is 229. The van der Waals surface area contributed by atoms with Crippen LogP contribution >= 0.6 is 0 Å². The number of hydrogen-bond donors (Lipinski definition) is 2. The minimum Gasteiger partial charge on any atom is -0.396 e. The predicted octanol–water partition coefficient (Wildman–Crippen LogP) is 1.47. The lowest BCUT2D eigenvalue weighted by Crippen LogP contribution is -2.41. The number of nitrogens with one attached hydrogen (secondary N) is 1. The zero-order valence-electron chi connectivity index (χ0n) is 11.3. The van der Waals surface area contributed by atoms with E-state index in [-0.39, 0.29) is 5.60 Å². The molecule has 18 heavy (non-hydrogen) atoms. The van der Waals surface area contributed by atoms with Crippen LogP contribution in [0.25, 0.3) is 0 Å². The summed E-state index contributed by atoms with van der Waals surface area (Å²) in [4.78, 5) is 0. The first kappa shape index (κ1) is 14.3. The van der Waals surface area contributed by atoms with E-state index >= 15 is 0 Å². The van der Waals surface area contributed by atoms with Gasteiger partial charge in [-0.3, -0.25) is 0 Å². The van der Waals surface area contributed by atoms with Crippen LogP contribution in [0.3, 0.4) is 0 Å². The van der Waals surface area contributed by atoms with E-state index in [1.807, 2.05) is 0 Å². The molecule has 1 atom stereocenters. The average molecular weight is 257 g/mol. The van der Waals surface area contributed by atoms with E-state index in [9.17, 15) is 0 Å². The van der Waals surface area contributed by atoms with Crippen molar-refractivity contribution in [1.82, 2.24) is 5.32 Å². The van der Waals surface area contributed by atoms with Crippen LogP contribution in [0, 0.1) is 0 Å². The summed E-state index contributed by atoms with van der Waals surface area (Å²) in [5.74, 6) is 0. The molecule has 1 unspecified atom stereocenters. The molecule has 0 saturated carbocycles. The number of aliphatic hydroxyl groups is 1. The summed E-state index contributed by atoms with van der Waals surface area (Å²) in [5, 5.41) is 12.1. The predicted molar refractivity (Wildman–Crippen MR) is 70.7 cm³/mol. The second-order valence-corrected chi connectivity index (χ2v) is 5.58. The Morgan fingerprint density at radius 1 is 1.17 bits per heavy atom. The van der Waals surface area contributed by atoms with Crippen molar-refractivity contribution in [2.75, 3.05) is 32.9 Å². The molecule has 0 amide bonds. The molecule has 0 aromatic rings. The molecular weight excluding hydrogens is 230 g/mol. The van der Waals surface area contributed by atoms with Gasteiger partial charge < -0.3 is 19.9 Å². The Labute approximate surface area is 110 Å². The fourth-order valence-electron chi connectivity index (χ4n) is 2.96. The lowest BCUT2D eigenvalue weighted by Gasteiger charge is -2.32. The third-order valence-corrected chi connectivity index (χ3v) is 4.10. The minimum atomic E-state index is 0.118. The van der Waals surface area contributed by atoms with Gasteiger partial charge in [0.1, 0.15) is 0 Å². The zero-order valence-corrected chi connectivity index (χ0v) is 11.3. The fourth-order valence-corrected chi connectivity index (χ4v) is 2.96. The Balaban J connectivity index is 1.55. The highest BCUT2D eigenvalue weighted by atomic mass is 16.6. The summed E-state index contributed by atoms with van der Waals surface area (Å²) in [6.45, 7) is 4.08. The van der Waals surface area contributed by atoms with E-state index < -0.39 is 0 Å². The van der Waals surface area contributed by atoms with Gasteiger partial charge in [-0.1, -0.05) is 12.8 Å². The summed E-state index contributed by atoms with van der Waals surface area (Å²) in [6.07, 6.45) is 7.92. The van der Waals surface area contributed by atoms with Gasteiger partial charge in [0.2, 0.25) is 0 Å². The molecular formula is C14H27NO3. The van der Waals surface area contributed by atoms with E-state index in [1.54, 1.807) is 0 Å². The molecule has 2 fully saturated rings. The number of rotatable bonds is 7. The molecule has 4 heteroatoms. The third kappa shape index (κ3) is 4.19. The van der Waals surface area contributed by atoms with E-state index in [0.717, 1.165) is 71.2 Å². The van der Waals surface area contributed by atoms with E-state index in [4.69, 9.17) is 14.6 Å². The standard InChI is InChI=1S/C14H27NO3/c16-9-3-1-2-4-10-17-13-11-14(18-12-13)5-7-15-8-6-14/h13,15-16H,1-12H2. The van der Waals surface area contributed by atoms with Crippen molar-refractivity contribution in [3.05, 3.63) is 0 Å². The number of aliphatic hydroxyl groups excluding tert-OH is 1. The van der Waals surface area contributed by atoms with Crippen molar-refractivity contribution in [2.45, 2.75) is 56.7 Å². The maximum Gasteiger partial charge on any atom is 0.0836 e. The molecule has 2 rings (SSSR count). The lowest BCUT2D eigenvalue weighted by molar-refractivity contribution is -0.0234. The molecule has 0 aliphatic carbocycles. The highest BCUT2D eigenvalue weighted by Gasteiger charge is 2.41. The number of unbranched alkanes of at least 4 members (excludes halogenated alkanes) is 3. The summed E-state index contributed by atoms with van der Waals surface area (Å²) in [7, 11) is 0. The van der Waals surface area contributed by atoms with Crippen molar-refractivity contribution in [1.29, 1.82) is 0 Å². The number of ether oxygens (including phenoxy) is 2. The summed E-state index contributed by atoms with van der Waals surface area (Å²) in [6, 6.07) is 0. The zero-order chi connectivity index (χ0) is 12.7. The highest BCUT2D eigenvalue weighted by molar-refractivity contribution is 4.93. The van der Waals surface area contributed by atoms with Crippen molar-refractivity contribution in [3.63, 3.8) is 0 Å². The average Bonchev–Trinajstić information content (AvgIpc) is 2.78. The second-order valence-electron chi connectivity index (χ2n) is 5.58. The molecule has 0 radical (unpaired) electrons. The minimum absolute atomic E-state index is 0.118. The van der Waals surface area contributed by atoms with Crippen LogP contribution in [0.1, 0.15) is 44.9 Å². The second kappa shape index (κ2) is 7.43. The van der Waals surface area contributed by atoms with Crippen molar-refractivity contribution >= 4 is 0 Å². The van der Waals surface area contributed by atoms with E-state index in [0.29, 0.717) is 12.7 Å². The third-order valence-electron chi connectivity index (χ3n) is 4.10. The van der Waals surface area contributed by atoms with Crippen LogP contribution in [-0.2, 0) is 9.47 Å². The van der Waals surface area contributed by atoms with Crippen LogP contribution < -0.4 is 5.32 Å². The highest BCUT2D eigenvalue weighted by Crippen LogP contribution is 2.35. The van der Waals surface area contributed by atoms with Gasteiger partial charge in [-0.15, -0.1) is 0 Å². The van der Waals surface area contributed by atoms with Gasteiger partial charge in [-0.05, 0) is 38.8 Å². The molecule has 2 saturated heterocycles. The van der Waals surface area contributed by atoms with Gasteiger partial charge in [0.15, 0.2) is 0 Å². The first-order chi connectivity index (χ1) is 8.85. The normalized spacial score (nSPS) is 26.8. The first-order valence-electron chi connectivity index (χ1n) is 7.42. The van der Waals surface area contributed by atoms with Gasteiger partial charge in [0.05, 0.1) is 18.3 Å². The molecule has 2 aliphatic heterocycles. The summed E-state index contributed by atoms with van der Waals surface area (Å²) in [5.41, 5.74) is 0.118. The maximum atomic E-state index is 8.68. The van der Waals surface area contributed by atoms with Gasteiger partial charge in [-0.25, -0.2) is 0 Å². The molecule has 2 heterocycles. The quantitative estimate of drug-likeness (QED) is 0.678. The molecule has 4 nitrogen and oxygen atoms in total. The van der Waals surface area contributed by atoms with Crippen LogP contribution in [0.2, 0.25) is 0 Å². The molecule has 0 aromatic carbocycles. The Morgan fingerprint density at radius 3 is 2.72 bits per heavy atom. The Kier molecular flexibility index (Phi) is 5.89. The van der Waals surface area contributed by atoms with Gasteiger partial charge in [-0.2, -0.15) is 0 Å². The van der Waals surface area contributed by atoms with Gasteiger partial charge >= 0.3 is 0 Å². The molecule has 2 N–H and O–H groups in total. The van der Waals surface area contributed by atoms with Gasteiger partial charge in [0.25, 0.3) is 0 Å². The lowest BCUT2D eigenvalue weighted by atomic mass is 9.89. The summed E-state index contributed by atoms with van der Waals surface area (Å²) < 4.78 is 11.9.